The van der Waals surface area contributed by atoms with Crippen molar-refractivity contribution in [3.05, 3.63) is 57.2 Å². The Kier molecular flexibility index (Phi) is 6.50. The van der Waals surface area contributed by atoms with E-state index in [0.717, 1.165) is 3.57 Å². The minimum absolute atomic E-state index is 0.0600. The highest BCUT2D eigenvalue weighted by molar-refractivity contribution is 14.1. The molecular formula is C14H2F4I3O4-. The van der Waals surface area contributed by atoms with Gasteiger partial charge in [0.25, 0.3) is 0 Å². The molecule has 2 aromatic rings. The molecule has 2 aromatic carbocycles. The van der Waals surface area contributed by atoms with Crippen molar-refractivity contribution in [2.45, 2.75) is 0 Å². The van der Waals surface area contributed by atoms with E-state index in [1.807, 2.05) is 22.6 Å². The average Bonchev–Trinajstić information content (AvgIpc) is 2.49. The highest BCUT2D eigenvalue weighted by Gasteiger charge is 2.31. The van der Waals surface area contributed by atoms with Gasteiger partial charge >= 0.3 is 5.97 Å². The quantitative estimate of drug-likeness (QED) is 0.162. The van der Waals surface area contributed by atoms with Gasteiger partial charge in [0.1, 0.15) is 5.56 Å². The van der Waals surface area contributed by atoms with E-state index in [1.54, 1.807) is 57.3 Å². The molecule has 0 bridgehead atoms. The molecule has 0 atom stereocenters. The van der Waals surface area contributed by atoms with Crippen molar-refractivity contribution in [3.8, 4) is 5.75 Å². The summed E-state index contributed by atoms with van der Waals surface area (Å²) in [6, 6.07) is 3.19. The first kappa shape index (κ1) is 20.6. The second-order valence-corrected chi connectivity index (χ2v) is 7.95. The Morgan fingerprint density at radius 3 is 1.64 bits per heavy atom. The number of carbonyl (C=O) groups is 2. The van der Waals surface area contributed by atoms with E-state index in [-0.39, 0.29) is 5.75 Å². The first-order valence-electron chi connectivity index (χ1n) is 6.00. The number of carboxylic acids is 1. The van der Waals surface area contributed by atoms with Crippen LogP contribution in [0.2, 0.25) is 0 Å². The Labute approximate surface area is 178 Å². The van der Waals surface area contributed by atoms with Crippen LogP contribution in [0.5, 0.6) is 5.75 Å². The number of hydrogen-bond acceptors (Lipinski definition) is 4. The van der Waals surface area contributed by atoms with Gasteiger partial charge in [-0.1, -0.05) is 0 Å². The van der Waals surface area contributed by atoms with Gasteiger partial charge in [0, 0.05) is 3.57 Å². The number of ether oxygens (including phenoxy) is 1. The second-order valence-electron chi connectivity index (χ2n) is 4.38. The maximum absolute atomic E-state index is 13.9. The number of carbonyl (C=O) groups excluding carboxylic acids is 2. The Morgan fingerprint density at radius 1 is 0.840 bits per heavy atom. The molecule has 0 saturated carbocycles. The third-order valence-corrected chi connectivity index (χ3v) is 5.05. The van der Waals surface area contributed by atoms with Crippen LogP contribution in [-0.4, -0.2) is 11.9 Å². The van der Waals surface area contributed by atoms with Crippen molar-refractivity contribution in [1.82, 2.24) is 0 Å². The summed E-state index contributed by atoms with van der Waals surface area (Å²) in [5.74, 6) is -13.1. The van der Waals surface area contributed by atoms with E-state index in [4.69, 9.17) is 4.74 Å². The lowest BCUT2D eigenvalue weighted by molar-refractivity contribution is -0.255. The molecule has 11 heteroatoms. The van der Waals surface area contributed by atoms with Crippen molar-refractivity contribution in [2.75, 3.05) is 0 Å². The fourth-order valence-electron chi connectivity index (χ4n) is 1.76. The molecule has 0 radical (unpaired) electrons. The van der Waals surface area contributed by atoms with Crippen LogP contribution in [0.3, 0.4) is 0 Å². The molecule has 0 heterocycles. The standard InChI is InChI=1S/C14H3F4I3O4/c15-8-6(13(22)23)9(16)11(18)7(10(8)17)14(24)25-12-4(20)1-3(19)2-5(12)21/h1-2H,(H,22,23)/p-1. The van der Waals surface area contributed by atoms with Crippen LogP contribution in [0, 0.1) is 34.0 Å². The molecule has 0 fully saturated rings. The van der Waals surface area contributed by atoms with E-state index in [0.29, 0.717) is 7.14 Å². The number of carboxylic acid groups (broad SMARTS) is 1. The third kappa shape index (κ3) is 4.01. The highest BCUT2D eigenvalue weighted by atomic mass is 127. The zero-order chi connectivity index (χ0) is 19.0. The van der Waals surface area contributed by atoms with Gasteiger partial charge in [0.2, 0.25) is 0 Å². The Balaban J connectivity index is 2.57. The van der Waals surface area contributed by atoms with E-state index < -0.39 is 46.3 Å². The Hall–Kier alpha value is -0.710. The molecule has 132 valence electrons. The summed E-state index contributed by atoms with van der Waals surface area (Å²) >= 11 is 5.59. The minimum atomic E-state index is -2.46. The monoisotopic (exact) mass is 691 g/mol. The van der Waals surface area contributed by atoms with Crippen molar-refractivity contribution in [1.29, 1.82) is 0 Å². The highest BCUT2D eigenvalue weighted by Crippen LogP contribution is 2.31. The predicted molar refractivity (Wildman–Crippen MR) is 100 cm³/mol. The van der Waals surface area contributed by atoms with Gasteiger partial charge < -0.3 is 14.6 Å². The van der Waals surface area contributed by atoms with Crippen molar-refractivity contribution >= 4 is 79.7 Å². The maximum atomic E-state index is 13.9. The van der Waals surface area contributed by atoms with E-state index in [9.17, 15) is 32.3 Å². The topological polar surface area (TPSA) is 66.4 Å². The predicted octanol–water partition coefficient (Wildman–Crippen LogP) is 3.64. The number of benzene rings is 2. The van der Waals surface area contributed by atoms with Crippen LogP contribution in [-0.2, 0) is 0 Å². The van der Waals surface area contributed by atoms with Crippen LogP contribution in [0.4, 0.5) is 17.6 Å². The zero-order valence-corrected chi connectivity index (χ0v) is 17.9. The number of halogens is 7. The summed E-state index contributed by atoms with van der Waals surface area (Å²) in [5, 5.41) is 10.6. The summed E-state index contributed by atoms with van der Waals surface area (Å²) < 4.78 is 61.6. The summed E-state index contributed by atoms with van der Waals surface area (Å²) in [7, 11) is 0. The van der Waals surface area contributed by atoms with Gasteiger partial charge in [-0.15, -0.1) is 0 Å². The Bertz CT molecular complexity index is 865. The lowest BCUT2D eigenvalue weighted by Gasteiger charge is -2.13. The van der Waals surface area contributed by atoms with Gasteiger partial charge in [0.05, 0.1) is 18.7 Å². The van der Waals surface area contributed by atoms with E-state index in [2.05, 4.69) is 0 Å². The normalized spacial score (nSPS) is 10.7. The van der Waals surface area contributed by atoms with Crippen LogP contribution >= 0.6 is 67.8 Å². The molecule has 0 saturated heterocycles. The molecule has 25 heavy (non-hydrogen) atoms. The molecular weight excluding hydrogens is 689 g/mol. The van der Waals surface area contributed by atoms with Gasteiger partial charge in [-0.3, -0.25) is 0 Å². The maximum Gasteiger partial charge on any atom is 0.349 e. The minimum Gasteiger partial charge on any atom is -0.545 e. The molecule has 0 unspecified atom stereocenters. The molecule has 0 amide bonds. The summed E-state index contributed by atoms with van der Waals surface area (Å²) in [5.41, 5.74) is -3.62. The molecule has 0 spiro atoms. The van der Waals surface area contributed by atoms with Gasteiger partial charge in [-0.05, 0) is 79.9 Å². The Morgan fingerprint density at radius 2 is 1.24 bits per heavy atom. The number of hydrogen-bond donors (Lipinski definition) is 0. The summed E-state index contributed by atoms with van der Waals surface area (Å²) in [6.07, 6.45) is 0. The fraction of sp³-hybridized carbons (Fsp3) is 0. The third-order valence-electron chi connectivity index (χ3n) is 2.83. The van der Waals surface area contributed by atoms with Crippen molar-refractivity contribution in [3.63, 3.8) is 0 Å². The van der Waals surface area contributed by atoms with E-state index in [1.165, 1.54) is 0 Å². The summed E-state index contributed by atoms with van der Waals surface area (Å²) in [6.45, 7) is 0. The largest absolute Gasteiger partial charge is 0.545 e. The van der Waals surface area contributed by atoms with E-state index >= 15 is 0 Å². The van der Waals surface area contributed by atoms with Gasteiger partial charge in [0.15, 0.2) is 29.0 Å². The van der Waals surface area contributed by atoms with Crippen LogP contribution < -0.4 is 9.84 Å². The van der Waals surface area contributed by atoms with Crippen LogP contribution in [0.1, 0.15) is 20.7 Å². The number of esters is 1. The van der Waals surface area contributed by atoms with Crippen molar-refractivity contribution < 1.29 is 37.0 Å². The smallest absolute Gasteiger partial charge is 0.349 e. The number of aromatic carboxylic acids is 1. The molecule has 4 nitrogen and oxygen atoms in total. The molecule has 0 aliphatic rings. The van der Waals surface area contributed by atoms with Gasteiger partial charge in [-0.25, -0.2) is 22.4 Å². The lowest BCUT2D eigenvalue weighted by Crippen LogP contribution is -2.28. The molecule has 0 aromatic heterocycles. The SMILES string of the molecule is O=C([O-])c1c(F)c(F)c(C(=O)Oc2c(I)cc(I)cc2I)c(F)c1F. The molecule has 0 aliphatic carbocycles. The molecule has 0 N–H and O–H groups in total. The number of rotatable bonds is 3. The first-order valence-corrected chi connectivity index (χ1v) is 9.23. The molecule has 2 rings (SSSR count). The van der Waals surface area contributed by atoms with Crippen LogP contribution in [0.25, 0.3) is 0 Å². The second kappa shape index (κ2) is 7.89. The summed E-state index contributed by atoms with van der Waals surface area (Å²) in [4.78, 5) is 22.6. The lowest BCUT2D eigenvalue weighted by atomic mass is 10.1. The average molecular weight is 691 g/mol. The first-order chi connectivity index (χ1) is 11.6. The fourth-order valence-corrected chi connectivity index (χ4v) is 5.56. The molecule has 0 aliphatic heterocycles. The zero-order valence-electron chi connectivity index (χ0n) is 11.4. The van der Waals surface area contributed by atoms with Crippen molar-refractivity contribution in [2.24, 2.45) is 0 Å². The van der Waals surface area contributed by atoms with Crippen LogP contribution in [0.15, 0.2) is 12.1 Å². The van der Waals surface area contributed by atoms with Gasteiger partial charge in [-0.2, -0.15) is 0 Å².